The number of nitrogens with one attached hydrogen (secondary N) is 2. The first-order valence-corrected chi connectivity index (χ1v) is 12.5. The fraction of sp³-hybridized carbons (Fsp3) is 0.0690. The molecule has 8 heteroatoms. The molecule has 0 fully saturated rings. The minimum absolute atomic E-state index is 0.263. The molecule has 5 aromatic rings. The highest BCUT2D eigenvalue weighted by Gasteiger charge is 2.32. The van der Waals surface area contributed by atoms with Gasteiger partial charge in [0.15, 0.2) is 4.80 Å². The number of thiazole rings is 1. The second-order valence-corrected chi connectivity index (χ2v) is 9.75. The van der Waals surface area contributed by atoms with Crippen LogP contribution in [-0.2, 0) is 4.79 Å². The normalized spacial score (nSPS) is 15.5. The predicted molar refractivity (Wildman–Crippen MR) is 144 cm³/mol. The SMILES string of the molecule is CC1=C(C(=O)Nc2ccccc2)C(c2ccc(F)cc2)n2c(s/c(=C/c3c[nH]c4ccccc34)c2=O)=N1. The summed E-state index contributed by atoms with van der Waals surface area (Å²) >= 11 is 1.27. The van der Waals surface area contributed by atoms with E-state index in [4.69, 9.17) is 0 Å². The van der Waals surface area contributed by atoms with Gasteiger partial charge in [-0.2, -0.15) is 0 Å². The maximum absolute atomic E-state index is 13.8. The van der Waals surface area contributed by atoms with Crippen molar-refractivity contribution in [2.45, 2.75) is 13.0 Å². The Bertz CT molecular complexity index is 1870. The number of hydrogen-bond donors (Lipinski definition) is 2. The van der Waals surface area contributed by atoms with Gasteiger partial charge in [-0.1, -0.05) is 59.9 Å². The summed E-state index contributed by atoms with van der Waals surface area (Å²) in [6, 6.07) is 22.1. The highest BCUT2D eigenvalue weighted by atomic mass is 32.1. The highest BCUT2D eigenvalue weighted by Crippen LogP contribution is 2.31. The lowest BCUT2D eigenvalue weighted by atomic mass is 9.95. The van der Waals surface area contributed by atoms with Crippen LogP contribution in [0.1, 0.15) is 24.1 Å². The van der Waals surface area contributed by atoms with Crippen LogP contribution in [0.2, 0.25) is 0 Å². The second kappa shape index (κ2) is 9.15. The Hall–Kier alpha value is -4.56. The van der Waals surface area contributed by atoms with Crippen molar-refractivity contribution in [3.63, 3.8) is 0 Å². The van der Waals surface area contributed by atoms with Crippen LogP contribution in [0.5, 0.6) is 0 Å². The third-order valence-electron chi connectivity index (χ3n) is 6.39. The van der Waals surface area contributed by atoms with Crippen molar-refractivity contribution in [3.8, 4) is 0 Å². The Morgan fingerprint density at radius 1 is 1.05 bits per heavy atom. The van der Waals surface area contributed by atoms with Gasteiger partial charge in [0.1, 0.15) is 5.82 Å². The molecule has 0 saturated heterocycles. The number of para-hydroxylation sites is 2. The van der Waals surface area contributed by atoms with E-state index in [9.17, 15) is 14.0 Å². The molecule has 1 aliphatic rings. The Balaban J connectivity index is 1.52. The number of carbonyl (C=O) groups excluding carboxylic acids is 1. The van der Waals surface area contributed by atoms with Crippen LogP contribution in [0.25, 0.3) is 17.0 Å². The van der Waals surface area contributed by atoms with Crippen LogP contribution in [0.4, 0.5) is 10.1 Å². The largest absolute Gasteiger partial charge is 0.361 e. The topological polar surface area (TPSA) is 79.2 Å². The summed E-state index contributed by atoms with van der Waals surface area (Å²) in [5.74, 6) is -0.765. The number of carbonyl (C=O) groups is 1. The van der Waals surface area contributed by atoms with Gasteiger partial charge < -0.3 is 10.3 Å². The second-order valence-electron chi connectivity index (χ2n) is 8.74. The monoisotopic (exact) mass is 508 g/mol. The summed E-state index contributed by atoms with van der Waals surface area (Å²) in [5, 5.41) is 3.91. The van der Waals surface area contributed by atoms with Gasteiger partial charge in [-0.25, -0.2) is 9.38 Å². The molecule has 0 saturated carbocycles. The summed E-state index contributed by atoms with van der Waals surface area (Å²) in [4.78, 5) is 35.7. The molecule has 0 spiro atoms. The lowest BCUT2D eigenvalue weighted by Crippen LogP contribution is -2.40. The van der Waals surface area contributed by atoms with Gasteiger partial charge in [0, 0.05) is 28.4 Å². The minimum Gasteiger partial charge on any atom is -0.361 e. The number of benzene rings is 3. The first-order valence-electron chi connectivity index (χ1n) is 11.7. The molecule has 182 valence electrons. The van der Waals surface area contributed by atoms with Crippen molar-refractivity contribution < 1.29 is 9.18 Å². The molecule has 2 N–H and O–H groups in total. The Kier molecular flexibility index (Phi) is 5.65. The van der Waals surface area contributed by atoms with E-state index in [0.29, 0.717) is 31.9 Å². The van der Waals surface area contributed by atoms with Gasteiger partial charge in [-0.05, 0) is 48.9 Å². The number of aromatic nitrogens is 2. The number of anilines is 1. The summed E-state index contributed by atoms with van der Waals surface area (Å²) in [6.07, 6.45) is 3.71. The van der Waals surface area contributed by atoms with E-state index in [-0.39, 0.29) is 11.5 Å². The average Bonchev–Trinajstić information content (AvgIpc) is 3.45. The van der Waals surface area contributed by atoms with Crippen molar-refractivity contribution in [1.29, 1.82) is 0 Å². The number of H-pyrrole nitrogens is 1. The minimum atomic E-state index is -0.759. The number of amides is 1. The summed E-state index contributed by atoms with van der Waals surface area (Å²) in [6.45, 7) is 1.76. The van der Waals surface area contributed by atoms with Crippen molar-refractivity contribution in [2.24, 2.45) is 4.99 Å². The lowest BCUT2D eigenvalue weighted by molar-refractivity contribution is -0.113. The van der Waals surface area contributed by atoms with E-state index in [0.717, 1.165) is 16.5 Å². The van der Waals surface area contributed by atoms with Crippen molar-refractivity contribution in [2.75, 3.05) is 5.32 Å². The molecular formula is C29H21FN4O2S. The summed E-state index contributed by atoms with van der Waals surface area (Å²) in [5.41, 5.74) is 3.68. The fourth-order valence-corrected chi connectivity index (χ4v) is 5.68. The average molecular weight is 509 g/mol. The number of allylic oxidation sites excluding steroid dienone is 1. The van der Waals surface area contributed by atoms with Crippen LogP contribution < -0.4 is 20.2 Å². The Labute approximate surface area is 214 Å². The van der Waals surface area contributed by atoms with E-state index in [1.165, 1.54) is 28.0 Å². The summed E-state index contributed by atoms with van der Waals surface area (Å²) < 4.78 is 15.8. The number of halogens is 1. The third kappa shape index (κ3) is 4.11. The predicted octanol–water partition coefficient (Wildman–Crippen LogP) is 4.49. The van der Waals surface area contributed by atoms with Crippen LogP contribution >= 0.6 is 11.3 Å². The molecule has 6 nitrogen and oxygen atoms in total. The quantitative estimate of drug-likeness (QED) is 0.375. The van der Waals surface area contributed by atoms with Crippen LogP contribution in [0.15, 0.2) is 106 Å². The number of rotatable bonds is 4. The van der Waals surface area contributed by atoms with E-state index >= 15 is 0 Å². The van der Waals surface area contributed by atoms with E-state index in [2.05, 4.69) is 15.3 Å². The maximum Gasteiger partial charge on any atom is 0.271 e. The first-order chi connectivity index (χ1) is 18.0. The van der Waals surface area contributed by atoms with Crippen LogP contribution in [0.3, 0.4) is 0 Å². The van der Waals surface area contributed by atoms with Crippen molar-refractivity contribution >= 4 is 39.9 Å². The zero-order valence-electron chi connectivity index (χ0n) is 19.7. The Morgan fingerprint density at radius 2 is 1.78 bits per heavy atom. The van der Waals surface area contributed by atoms with Crippen LogP contribution in [0, 0.1) is 5.82 Å². The number of hydrogen-bond acceptors (Lipinski definition) is 4. The van der Waals surface area contributed by atoms with Gasteiger partial charge in [-0.15, -0.1) is 0 Å². The molecule has 1 atom stereocenters. The van der Waals surface area contributed by atoms with E-state index in [1.807, 2.05) is 54.7 Å². The third-order valence-corrected chi connectivity index (χ3v) is 7.37. The van der Waals surface area contributed by atoms with E-state index in [1.54, 1.807) is 31.2 Å². The summed E-state index contributed by atoms with van der Waals surface area (Å²) in [7, 11) is 0. The van der Waals surface area contributed by atoms with Gasteiger partial charge >= 0.3 is 0 Å². The molecule has 1 amide bonds. The molecule has 0 radical (unpaired) electrons. The molecule has 6 rings (SSSR count). The molecule has 3 heterocycles. The van der Waals surface area contributed by atoms with Gasteiger partial charge in [-0.3, -0.25) is 14.2 Å². The van der Waals surface area contributed by atoms with E-state index < -0.39 is 11.9 Å². The van der Waals surface area contributed by atoms with Gasteiger partial charge in [0.2, 0.25) is 0 Å². The first kappa shape index (κ1) is 22.9. The van der Waals surface area contributed by atoms with Gasteiger partial charge in [0.05, 0.1) is 21.8 Å². The molecule has 37 heavy (non-hydrogen) atoms. The highest BCUT2D eigenvalue weighted by molar-refractivity contribution is 7.07. The molecular weight excluding hydrogens is 487 g/mol. The van der Waals surface area contributed by atoms with Crippen LogP contribution in [-0.4, -0.2) is 15.5 Å². The number of nitrogens with zero attached hydrogens (tertiary/aromatic N) is 2. The molecule has 1 unspecified atom stereocenters. The lowest BCUT2D eigenvalue weighted by Gasteiger charge is -2.25. The molecule has 2 aromatic heterocycles. The molecule has 3 aromatic carbocycles. The molecule has 0 bridgehead atoms. The van der Waals surface area contributed by atoms with Gasteiger partial charge in [0.25, 0.3) is 11.5 Å². The molecule has 1 aliphatic heterocycles. The van der Waals surface area contributed by atoms with Crippen molar-refractivity contribution in [3.05, 3.63) is 133 Å². The Morgan fingerprint density at radius 3 is 2.57 bits per heavy atom. The molecule has 0 aliphatic carbocycles. The smallest absolute Gasteiger partial charge is 0.271 e. The zero-order chi connectivity index (χ0) is 25.5. The number of aromatic amines is 1. The maximum atomic E-state index is 13.8. The van der Waals surface area contributed by atoms with Crippen molar-refractivity contribution in [1.82, 2.24) is 9.55 Å². The standard InChI is InChI=1S/C29H21FN4O2S/c1-17-25(27(35)33-21-7-3-2-4-8-21)26(18-11-13-20(30)14-12-18)34-28(36)24(37-29(34)32-17)15-19-16-31-23-10-6-5-9-22(19)23/h2-16,26,31H,1H3,(H,33,35)/b24-15+. The fourth-order valence-electron chi connectivity index (χ4n) is 4.65. The zero-order valence-corrected chi connectivity index (χ0v) is 20.6. The number of fused-ring (bicyclic) bond motifs is 2.